The summed E-state index contributed by atoms with van der Waals surface area (Å²) in [6.07, 6.45) is -1.80. The van der Waals surface area contributed by atoms with E-state index in [2.05, 4.69) is 0 Å². The van der Waals surface area contributed by atoms with Gasteiger partial charge < -0.3 is 15.6 Å². The molecule has 8 heteroatoms. The molecule has 0 aromatic rings. The lowest BCUT2D eigenvalue weighted by Crippen LogP contribution is -2.21. The van der Waals surface area contributed by atoms with E-state index >= 15 is 0 Å². The summed E-state index contributed by atoms with van der Waals surface area (Å²) >= 11 is 0. The summed E-state index contributed by atoms with van der Waals surface area (Å²) in [5.41, 5.74) is 4.85. The Balaban J connectivity index is 0. The van der Waals surface area contributed by atoms with Crippen molar-refractivity contribution in [1.82, 2.24) is 0 Å². The zero-order valence-electron chi connectivity index (χ0n) is 8.29. The van der Waals surface area contributed by atoms with Crippen molar-refractivity contribution in [3.8, 4) is 0 Å². The van der Waals surface area contributed by atoms with Crippen molar-refractivity contribution in [2.75, 3.05) is 0 Å². The molecule has 0 radical (unpaired) electrons. The van der Waals surface area contributed by atoms with Crippen LogP contribution >= 0.6 is 0 Å². The number of hydrogen-bond donors (Lipinski definition) is 2. The van der Waals surface area contributed by atoms with Gasteiger partial charge in [-0.3, -0.25) is 4.79 Å². The third kappa shape index (κ3) is 14.9. The number of carboxylic acids is 1. The summed E-state index contributed by atoms with van der Waals surface area (Å²) in [5, 5.41) is 7.12. The zero-order valence-corrected chi connectivity index (χ0v) is 8.29. The highest BCUT2D eigenvalue weighted by Crippen LogP contribution is 2.13. The van der Waals surface area contributed by atoms with Gasteiger partial charge in [0.25, 0.3) is 0 Å². The molecule has 0 atom stereocenters. The van der Waals surface area contributed by atoms with Crippen LogP contribution in [0.4, 0.5) is 13.2 Å². The van der Waals surface area contributed by atoms with Crippen molar-refractivity contribution in [1.29, 1.82) is 0 Å². The van der Waals surface area contributed by atoms with Crippen molar-refractivity contribution in [2.45, 2.75) is 31.9 Å². The zero-order chi connectivity index (χ0) is 13.2. The minimum atomic E-state index is -5.08. The third-order valence-corrected chi connectivity index (χ3v) is 1.24. The number of alkyl halides is 3. The number of primary amides is 1. The standard InChI is InChI=1S/C6H11NO2.C2HF3O2/c7-6(9)4-2-1-3-5-8;3-2(4,5)1(6)7/h5H,1-4H2,(H2,7,9);(H,6,7). The molecule has 0 fully saturated rings. The summed E-state index contributed by atoms with van der Waals surface area (Å²) < 4.78 is 31.7. The average molecular weight is 243 g/mol. The number of carbonyl (C=O) groups excluding carboxylic acids is 2. The number of carboxylic acid groups (broad SMARTS) is 1. The normalized spacial score (nSPS) is 9.94. The largest absolute Gasteiger partial charge is 0.490 e. The lowest BCUT2D eigenvalue weighted by Gasteiger charge is -1.93. The van der Waals surface area contributed by atoms with Gasteiger partial charge in [-0.05, 0) is 12.8 Å². The van der Waals surface area contributed by atoms with Crippen LogP contribution in [0.25, 0.3) is 0 Å². The monoisotopic (exact) mass is 243 g/mol. The maximum Gasteiger partial charge on any atom is 0.490 e. The summed E-state index contributed by atoms with van der Waals surface area (Å²) in [6.45, 7) is 0. The second-order valence-corrected chi connectivity index (χ2v) is 2.68. The van der Waals surface area contributed by atoms with Crippen LogP contribution in [-0.2, 0) is 14.4 Å². The maximum atomic E-state index is 10.6. The van der Waals surface area contributed by atoms with Crippen molar-refractivity contribution >= 4 is 18.2 Å². The molecular weight excluding hydrogens is 231 g/mol. The highest BCUT2D eigenvalue weighted by atomic mass is 19.4. The van der Waals surface area contributed by atoms with E-state index < -0.39 is 12.1 Å². The third-order valence-electron chi connectivity index (χ3n) is 1.24. The van der Waals surface area contributed by atoms with Crippen LogP contribution in [0, 0.1) is 0 Å². The number of halogens is 3. The molecule has 0 heterocycles. The Labute approximate surface area is 89.4 Å². The fourth-order valence-corrected chi connectivity index (χ4v) is 0.527. The van der Waals surface area contributed by atoms with E-state index in [4.69, 9.17) is 15.6 Å². The quantitative estimate of drug-likeness (QED) is 0.552. The molecular formula is C8H12F3NO4. The van der Waals surface area contributed by atoms with Crippen molar-refractivity contribution in [3.63, 3.8) is 0 Å². The van der Waals surface area contributed by atoms with Crippen LogP contribution in [0.3, 0.4) is 0 Å². The van der Waals surface area contributed by atoms with Gasteiger partial charge in [0.05, 0.1) is 0 Å². The van der Waals surface area contributed by atoms with Gasteiger partial charge in [-0.25, -0.2) is 4.79 Å². The fraction of sp³-hybridized carbons (Fsp3) is 0.625. The van der Waals surface area contributed by atoms with E-state index in [-0.39, 0.29) is 5.91 Å². The Kier molecular flexibility index (Phi) is 9.13. The number of aldehydes is 1. The van der Waals surface area contributed by atoms with Crippen molar-refractivity contribution < 1.29 is 32.7 Å². The Bertz CT molecular complexity index is 240. The Morgan fingerprint density at radius 3 is 1.94 bits per heavy atom. The highest BCUT2D eigenvalue weighted by Gasteiger charge is 2.38. The number of unbranched alkanes of at least 4 members (excludes halogenated alkanes) is 2. The Morgan fingerprint density at radius 2 is 1.69 bits per heavy atom. The molecule has 5 nitrogen and oxygen atoms in total. The number of nitrogens with two attached hydrogens (primary N) is 1. The van der Waals surface area contributed by atoms with Crippen LogP contribution < -0.4 is 5.73 Å². The molecule has 0 aliphatic rings. The van der Waals surface area contributed by atoms with Gasteiger partial charge in [-0.1, -0.05) is 0 Å². The van der Waals surface area contributed by atoms with Gasteiger partial charge in [0.15, 0.2) is 0 Å². The van der Waals surface area contributed by atoms with E-state index in [1.807, 2.05) is 0 Å². The summed E-state index contributed by atoms with van der Waals surface area (Å²) in [6, 6.07) is 0. The number of aliphatic carboxylic acids is 1. The molecule has 0 aliphatic carbocycles. The Hall–Kier alpha value is -1.60. The molecule has 0 saturated carbocycles. The summed E-state index contributed by atoms with van der Waals surface area (Å²) in [7, 11) is 0. The number of rotatable bonds is 5. The van der Waals surface area contributed by atoms with Crippen LogP contribution in [0.15, 0.2) is 0 Å². The molecule has 0 aromatic carbocycles. The predicted octanol–water partition coefficient (Wildman–Crippen LogP) is 0.864. The fourth-order valence-electron chi connectivity index (χ4n) is 0.527. The molecule has 3 N–H and O–H groups in total. The van der Waals surface area contributed by atoms with Crippen LogP contribution in [0.1, 0.15) is 25.7 Å². The van der Waals surface area contributed by atoms with Gasteiger partial charge in [0.2, 0.25) is 5.91 Å². The van der Waals surface area contributed by atoms with Crippen molar-refractivity contribution in [3.05, 3.63) is 0 Å². The number of hydrogen-bond acceptors (Lipinski definition) is 3. The van der Waals surface area contributed by atoms with Crippen LogP contribution in [0.2, 0.25) is 0 Å². The molecule has 94 valence electrons. The molecule has 0 aromatic heterocycles. The topological polar surface area (TPSA) is 97.5 Å². The van der Waals surface area contributed by atoms with Gasteiger partial charge in [0, 0.05) is 12.8 Å². The average Bonchev–Trinajstić information content (AvgIpc) is 2.11. The van der Waals surface area contributed by atoms with E-state index in [9.17, 15) is 22.8 Å². The van der Waals surface area contributed by atoms with Gasteiger partial charge >= 0.3 is 12.1 Å². The van der Waals surface area contributed by atoms with Crippen molar-refractivity contribution in [2.24, 2.45) is 5.73 Å². The molecule has 0 saturated heterocycles. The smallest absolute Gasteiger partial charge is 0.475 e. The lowest BCUT2D eigenvalue weighted by atomic mass is 10.2. The Morgan fingerprint density at radius 1 is 1.25 bits per heavy atom. The molecule has 0 spiro atoms. The summed E-state index contributed by atoms with van der Waals surface area (Å²) in [4.78, 5) is 28.7. The van der Waals surface area contributed by atoms with Gasteiger partial charge in [-0.2, -0.15) is 13.2 Å². The first-order chi connectivity index (χ1) is 7.21. The first kappa shape index (κ1) is 16.8. The molecule has 0 rings (SSSR count). The van der Waals surface area contributed by atoms with E-state index in [1.165, 1.54) is 0 Å². The molecule has 0 bridgehead atoms. The number of amides is 1. The molecule has 16 heavy (non-hydrogen) atoms. The van der Waals surface area contributed by atoms with Gasteiger partial charge in [-0.15, -0.1) is 0 Å². The van der Waals surface area contributed by atoms with Crippen LogP contribution in [0.5, 0.6) is 0 Å². The van der Waals surface area contributed by atoms with E-state index in [0.29, 0.717) is 12.8 Å². The predicted molar refractivity (Wildman–Crippen MR) is 47.4 cm³/mol. The van der Waals surface area contributed by atoms with E-state index in [1.54, 1.807) is 0 Å². The molecule has 1 amide bonds. The summed E-state index contributed by atoms with van der Waals surface area (Å²) in [5.74, 6) is -3.05. The van der Waals surface area contributed by atoms with Gasteiger partial charge in [0.1, 0.15) is 6.29 Å². The highest BCUT2D eigenvalue weighted by molar-refractivity contribution is 5.73. The maximum absolute atomic E-state index is 10.6. The second kappa shape index (κ2) is 8.69. The number of carbonyl (C=O) groups is 3. The SMILES string of the molecule is NC(=O)CCCCC=O.O=C(O)C(F)(F)F. The second-order valence-electron chi connectivity index (χ2n) is 2.68. The minimum Gasteiger partial charge on any atom is -0.475 e. The molecule has 0 unspecified atom stereocenters. The lowest BCUT2D eigenvalue weighted by molar-refractivity contribution is -0.192. The van der Waals surface area contributed by atoms with E-state index in [0.717, 1.165) is 19.1 Å². The molecule has 0 aliphatic heterocycles. The minimum absolute atomic E-state index is 0.291. The first-order valence-corrected chi connectivity index (χ1v) is 4.23. The first-order valence-electron chi connectivity index (χ1n) is 4.23. The van der Waals surface area contributed by atoms with Crippen LogP contribution in [-0.4, -0.2) is 29.4 Å².